The lowest BCUT2D eigenvalue weighted by Crippen LogP contribution is -2.49. The molecule has 7 N–H and O–H groups in total. The largest absolute Gasteiger partial charge is 0.389 e. The summed E-state index contributed by atoms with van der Waals surface area (Å²) in [7, 11) is 1.37. The third-order valence-corrected chi connectivity index (χ3v) is 7.94. The second kappa shape index (κ2) is 13.4. The molecule has 1 atom stereocenters. The highest BCUT2D eigenvalue weighted by molar-refractivity contribution is 14.1. The van der Waals surface area contributed by atoms with Crippen LogP contribution in [0.4, 0.5) is 5.69 Å². The number of hydrogen-bond acceptors (Lipinski definition) is 9. The van der Waals surface area contributed by atoms with Gasteiger partial charge in [-0.3, -0.25) is 14.4 Å². The Morgan fingerprint density at radius 3 is 1.63 bits per heavy atom. The molecule has 0 aliphatic rings. The molecule has 0 saturated carbocycles. The average molecular weight is 835 g/mol. The van der Waals surface area contributed by atoms with Crippen LogP contribution in [0.3, 0.4) is 0 Å². The summed E-state index contributed by atoms with van der Waals surface area (Å²) in [6, 6.07) is 0. The lowest BCUT2D eigenvalue weighted by Gasteiger charge is -2.30. The molecule has 1 unspecified atom stereocenters. The smallest absolute Gasteiger partial charge is 0.257 e. The number of nitrogens with zero attached hydrogens (tertiary/aromatic N) is 1. The summed E-state index contributed by atoms with van der Waals surface area (Å²) < 4.78 is 5.36. The predicted molar refractivity (Wildman–Crippen MR) is 150 cm³/mol. The number of aliphatic hydroxyl groups excluding tert-OH is 1. The summed E-state index contributed by atoms with van der Waals surface area (Å²) in [6.45, 7) is 3.75. The Balaban J connectivity index is 3.92. The number of methoxy groups -OCH3 is 1. The molecule has 0 spiro atoms. The van der Waals surface area contributed by atoms with Crippen LogP contribution in [0.2, 0.25) is 0 Å². The number of carbonyl (C=O) groups is 3. The molecule has 1 aromatic carbocycles. The Kier molecular flexibility index (Phi) is 12.5. The summed E-state index contributed by atoms with van der Waals surface area (Å²) in [5, 5.41) is 54.2. The Morgan fingerprint density at radius 2 is 1.31 bits per heavy atom. The van der Waals surface area contributed by atoms with Gasteiger partial charge in [0.15, 0.2) is 0 Å². The minimum absolute atomic E-state index is 0.0647. The topological polar surface area (TPSA) is 189 Å². The van der Waals surface area contributed by atoms with Crippen molar-refractivity contribution >= 4 is 91.2 Å². The van der Waals surface area contributed by atoms with Crippen LogP contribution in [0.5, 0.6) is 0 Å². The summed E-state index contributed by atoms with van der Waals surface area (Å²) in [5.74, 6) is -7.51. The fourth-order valence-electron chi connectivity index (χ4n) is 2.79. The van der Waals surface area contributed by atoms with Crippen LogP contribution in [0.1, 0.15) is 54.3 Å². The van der Waals surface area contributed by atoms with Gasteiger partial charge in [-0.05, 0) is 67.8 Å². The third kappa shape index (κ3) is 8.55. The Bertz CT molecular complexity index is 916. The van der Waals surface area contributed by atoms with Crippen molar-refractivity contribution in [1.29, 1.82) is 0 Å². The van der Waals surface area contributed by atoms with Gasteiger partial charge in [0, 0.05) is 30.4 Å². The molecule has 0 aromatic heterocycles. The van der Waals surface area contributed by atoms with Gasteiger partial charge in [0.2, 0.25) is 17.7 Å². The maximum absolute atomic E-state index is 13.1. The second-order valence-corrected chi connectivity index (χ2v) is 10.8. The highest BCUT2D eigenvalue weighted by Gasteiger charge is 2.35. The van der Waals surface area contributed by atoms with Gasteiger partial charge in [0.1, 0.15) is 0 Å². The number of halogens is 3. The zero-order valence-electron chi connectivity index (χ0n) is 19.4. The van der Waals surface area contributed by atoms with E-state index in [-0.39, 0.29) is 53.5 Å². The fraction of sp³-hybridized carbons (Fsp3) is 0.550. The fourth-order valence-corrected chi connectivity index (χ4v) is 7.51. The summed E-state index contributed by atoms with van der Waals surface area (Å²) in [5.41, 5.74) is -0.211. The van der Waals surface area contributed by atoms with Crippen LogP contribution in [0.25, 0.3) is 0 Å². The number of nitrogens with one attached hydrogen (secondary N) is 2. The highest BCUT2D eigenvalue weighted by Crippen LogP contribution is 2.38. The summed E-state index contributed by atoms with van der Waals surface area (Å²) >= 11 is 5.30. The molecular weight excluding hydrogens is 807 g/mol. The van der Waals surface area contributed by atoms with Crippen molar-refractivity contribution < 1.29 is 44.7 Å². The van der Waals surface area contributed by atoms with Crippen molar-refractivity contribution in [2.75, 3.05) is 25.2 Å². The lowest BCUT2D eigenvalue weighted by atomic mass is 10.1. The maximum Gasteiger partial charge on any atom is 0.257 e. The van der Waals surface area contributed by atoms with Gasteiger partial charge in [-0.1, -0.05) is 13.8 Å². The van der Waals surface area contributed by atoms with E-state index in [9.17, 15) is 39.9 Å². The molecule has 3 amide bonds. The number of anilines is 1. The first-order valence-electron chi connectivity index (χ1n) is 10.2. The van der Waals surface area contributed by atoms with Crippen LogP contribution in [0, 0.1) is 10.7 Å². The quantitative estimate of drug-likeness (QED) is 0.123. The van der Waals surface area contributed by atoms with Gasteiger partial charge >= 0.3 is 0 Å². The molecular formula is C20H28I3N3O9. The first-order chi connectivity index (χ1) is 16.0. The van der Waals surface area contributed by atoms with E-state index in [4.69, 9.17) is 4.74 Å². The van der Waals surface area contributed by atoms with Crippen molar-refractivity contribution in [1.82, 2.24) is 10.6 Å². The zero-order valence-corrected chi connectivity index (χ0v) is 25.8. The molecule has 1 aromatic rings. The van der Waals surface area contributed by atoms with Gasteiger partial charge < -0.3 is 45.8 Å². The van der Waals surface area contributed by atoms with Gasteiger partial charge in [-0.2, -0.15) is 0 Å². The molecule has 15 heteroatoms. The van der Waals surface area contributed by atoms with E-state index in [1.165, 1.54) is 27.9 Å². The number of ether oxygens (including phenoxy) is 1. The van der Waals surface area contributed by atoms with Gasteiger partial charge in [-0.25, -0.2) is 0 Å². The van der Waals surface area contributed by atoms with Crippen LogP contribution in [-0.2, 0) is 9.53 Å². The number of carbonyl (C=O) groups excluding carboxylic acids is 3. The second-order valence-electron chi connectivity index (χ2n) is 7.53. The third-order valence-electron chi connectivity index (χ3n) is 4.76. The maximum atomic E-state index is 13.1. The van der Waals surface area contributed by atoms with E-state index >= 15 is 0 Å². The molecule has 35 heavy (non-hydrogen) atoms. The SMILES string of the molecule is CCC(O)(O)NC(=O)c1c(I)c(C(=O)NC(O)(O)CC)c(I)c(N(CC(O)COC)C(C)=O)c1I. The molecule has 0 heterocycles. The Morgan fingerprint density at radius 1 is 0.914 bits per heavy atom. The van der Waals surface area contributed by atoms with Gasteiger partial charge in [-0.15, -0.1) is 0 Å². The van der Waals surface area contributed by atoms with E-state index in [1.54, 1.807) is 67.8 Å². The van der Waals surface area contributed by atoms with Crippen LogP contribution < -0.4 is 15.5 Å². The monoisotopic (exact) mass is 835 g/mol. The Hall–Kier alpha value is -0.420. The highest BCUT2D eigenvalue weighted by atomic mass is 127. The lowest BCUT2D eigenvalue weighted by molar-refractivity contribution is -0.178. The van der Waals surface area contributed by atoms with Crippen molar-refractivity contribution in [3.05, 3.63) is 21.8 Å². The molecule has 0 radical (unpaired) electrons. The van der Waals surface area contributed by atoms with Crippen molar-refractivity contribution in [3.63, 3.8) is 0 Å². The zero-order chi connectivity index (χ0) is 27.3. The number of aliphatic hydroxyl groups is 5. The minimum atomic E-state index is -2.54. The van der Waals surface area contributed by atoms with Crippen molar-refractivity contribution in [2.24, 2.45) is 0 Å². The number of rotatable bonds is 11. The molecule has 0 aliphatic heterocycles. The minimum Gasteiger partial charge on any atom is -0.389 e. The molecule has 0 fully saturated rings. The van der Waals surface area contributed by atoms with Crippen LogP contribution in [0.15, 0.2) is 0 Å². The molecule has 12 nitrogen and oxygen atoms in total. The predicted octanol–water partition coefficient (Wildman–Crippen LogP) is 0.417. The number of hydrogen-bond donors (Lipinski definition) is 7. The number of amides is 3. The average Bonchev–Trinajstić information content (AvgIpc) is 2.72. The van der Waals surface area contributed by atoms with Crippen LogP contribution in [-0.4, -0.2) is 81.4 Å². The first-order valence-corrected chi connectivity index (χ1v) is 13.5. The first kappa shape index (κ1) is 32.6. The van der Waals surface area contributed by atoms with E-state index in [2.05, 4.69) is 10.6 Å². The van der Waals surface area contributed by atoms with Crippen molar-refractivity contribution in [2.45, 2.75) is 51.5 Å². The normalized spacial score (nSPS) is 12.8. The van der Waals surface area contributed by atoms with E-state index in [0.717, 1.165) is 4.90 Å². The van der Waals surface area contributed by atoms with Crippen molar-refractivity contribution in [3.8, 4) is 0 Å². The molecule has 0 aliphatic carbocycles. The Labute approximate surface area is 243 Å². The van der Waals surface area contributed by atoms with E-state index in [1.807, 2.05) is 0 Å². The molecule has 0 bridgehead atoms. The van der Waals surface area contributed by atoms with Gasteiger partial charge in [0.25, 0.3) is 11.8 Å². The van der Waals surface area contributed by atoms with Crippen LogP contribution >= 0.6 is 67.8 Å². The van der Waals surface area contributed by atoms with E-state index < -0.39 is 35.6 Å². The molecule has 0 saturated heterocycles. The molecule has 1 rings (SSSR count). The number of benzene rings is 1. The van der Waals surface area contributed by atoms with Gasteiger partial charge in [0.05, 0.1) is 43.2 Å². The summed E-state index contributed by atoms with van der Waals surface area (Å²) in [6.07, 6.45) is -1.59. The summed E-state index contributed by atoms with van der Waals surface area (Å²) in [4.78, 5) is 40.0. The standard InChI is InChI=1S/C20H28I3N3O9/c1-5-19(31,32)24-17(29)11-13(21)12(18(30)25-20(33,34)6-2)15(23)16(14(11)22)26(9(3)27)7-10(28)8-35-4/h10,28,31-34H,5-8H2,1-4H3,(H,24,29)(H,25,30). The van der Waals surface area contributed by atoms with E-state index in [0.29, 0.717) is 0 Å². The molecule has 198 valence electrons.